The first-order chi connectivity index (χ1) is 7.05. The zero-order valence-corrected chi connectivity index (χ0v) is 9.10. The number of carbonyl (C=O) groups is 1. The van der Waals surface area contributed by atoms with Crippen LogP contribution in [-0.2, 0) is 10.2 Å². The monoisotopic (exact) mass is 208 g/mol. The molecule has 0 aromatic carbocycles. The summed E-state index contributed by atoms with van der Waals surface area (Å²) in [7, 11) is 0. The smallest absolute Gasteiger partial charge is 0.304 e. The van der Waals surface area contributed by atoms with Gasteiger partial charge in [-0.05, 0) is 32.8 Å². The molecule has 0 radical (unpaired) electrons. The minimum atomic E-state index is -0.719. The first-order valence-corrected chi connectivity index (χ1v) is 5.31. The Hall–Kier alpha value is -1.32. The Bertz CT molecular complexity index is 378. The molecule has 82 valence electrons. The van der Waals surface area contributed by atoms with E-state index in [0.29, 0.717) is 6.04 Å². The molecule has 1 N–H and O–H groups in total. The first kappa shape index (κ1) is 10.2. The number of carboxylic acids is 1. The van der Waals surface area contributed by atoms with Crippen molar-refractivity contribution in [2.45, 2.75) is 44.6 Å². The zero-order valence-electron chi connectivity index (χ0n) is 9.10. The third kappa shape index (κ3) is 1.76. The third-order valence-corrected chi connectivity index (χ3v) is 3.05. The Balaban J connectivity index is 2.29. The topological polar surface area (TPSA) is 55.1 Å². The minimum Gasteiger partial charge on any atom is -0.481 e. The van der Waals surface area contributed by atoms with E-state index in [1.54, 1.807) is 6.20 Å². The summed E-state index contributed by atoms with van der Waals surface area (Å²) in [6, 6.07) is 2.25. The maximum Gasteiger partial charge on any atom is 0.304 e. The average molecular weight is 208 g/mol. The van der Waals surface area contributed by atoms with Gasteiger partial charge in [0.2, 0.25) is 0 Å². The highest BCUT2D eigenvalue weighted by molar-refractivity contribution is 5.69. The third-order valence-electron chi connectivity index (χ3n) is 3.05. The number of nitrogens with zero attached hydrogens (tertiary/aromatic N) is 2. The molecular weight excluding hydrogens is 192 g/mol. The quantitative estimate of drug-likeness (QED) is 0.823. The van der Waals surface area contributed by atoms with Gasteiger partial charge in [0, 0.05) is 23.3 Å². The summed E-state index contributed by atoms with van der Waals surface area (Å²) >= 11 is 0. The van der Waals surface area contributed by atoms with Crippen molar-refractivity contribution in [3.63, 3.8) is 0 Å². The average Bonchev–Trinajstić information content (AvgIpc) is 2.74. The molecule has 1 aromatic rings. The van der Waals surface area contributed by atoms with Crippen molar-refractivity contribution in [1.29, 1.82) is 0 Å². The summed E-state index contributed by atoms with van der Waals surface area (Å²) < 4.78 is 1.94. The van der Waals surface area contributed by atoms with E-state index >= 15 is 0 Å². The van der Waals surface area contributed by atoms with E-state index in [0.717, 1.165) is 18.5 Å². The van der Waals surface area contributed by atoms with Crippen LogP contribution in [0, 0.1) is 0 Å². The van der Waals surface area contributed by atoms with Crippen LogP contribution < -0.4 is 0 Å². The van der Waals surface area contributed by atoms with Gasteiger partial charge in [-0.15, -0.1) is 0 Å². The summed E-state index contributed by atoms with van der Waals surface area (Å²) in [6.07, 6.45) is 3.93. The lowest BCUT2D eigenvalue weighted by Gasteiger charge is -2.17. The molecule has 1 saturated carbocycles. The second-order valence-corrected chi connectivity index (χ2v) is 4.61. The molecule has 2 rings (SSSR count). The van der Waals surface area contributed by atoms with Crippen LogP contribution in [0.5, 0.6) is 0 Å². The van der Waals surface area contributed by atoms with Crippen molar-refractivity contribution in [3.05, 3.63) is 18.0 Å². The Morgan fingerprint density at radius 1 is 1.67 bits per heavy atom. The van der Waals surface area contributed by atoms with E-state index in [-0.39, 0.29) is 11.8 Å². The fraction of sp³-hybridized carbons (Fsp3) is 0.636. The van der Waals surface area contributed by atoms with Crippen molar-refractivity contribution in [3.8, 4) is 0 Å². The van der Waals surface area contributed by atoms with Gasteiger partial charge in [-0.1, -0.05) is 0 Å². The number of hydrogen-bond donors (Lipinski definition) is 1. The van der Waals surface area contributed by atoms with Gasteiger partial charge in [0.25, 0.3) is 0 Å². The predicted molar refractivity (Wildman–Crippen MR) is 55.8 cm³/mol. The SMILES string of the molecule is CC(C)n1nccc1C1(CC(=O)O)CC1. The Morgan fingerprint density at radius 3 is 2.80 bits per heavy atom. The molecule has 0 amide bonds. The van der Waals surface area contributed by atoms with Crippen LogP contribution in [0.15, 0.2) is 12.3 Å². The summed E-state index contributed by atoms with van der Waals surface area (Å²) in [6.45, 7) is 4.13. The van der Waals surface area contributed by atoms with Crippen LogP contribution >= 0.6 is 0 Å². The second-order valence-electron chi connectivity index (χ2n) is 4.61. The van der Waals surface area contributed by atoms with Crippen LogP contribution in [0.4, 0.5) is 0 Å². The lowest BCUT2D eigenvalue weighted by molar-refractivity contribution is -0.137. The summed E-state index contributed by atoms with van der Waals surface area (Å²) in [5, 5.41) is 13.1. The highest BCUT2D eigenvalue weighted by Gasteiger charge is 2.48. The fourth-order valence-corrected chi connectivity index (χ4v) is 2.11. The Kier molecular flexibility index (Phi) is 2.29. The van der Waals surface area contributed by atoms with Crippen LogP contribution in [0.1, 0.15) is 44.8 Å². The van der Waals surface area contributed by atoms with Gasteiger partial charge in [-0.2, -0.15) is 5.10 Å². The lowest BCUT2D eigenvalue weighted by Crippen LogP contribution is -2.19. The molecule has 1 fully saturated rings. The van der Waals surface area contributed by atoms with E-state index in [1.165, 1.54) is 0 Å². The van der Waals surface area contributed by atoms with Gasteiger partial charge < -0.3 is 5.11 Å². The van der Waals surface area contributed by atoms with Gasteiger partial charge >= 0.3 is 5.97 Å². The molecule has 0 bridgehead atoms. The molecule has 0 saturated heterocycles. The van der Waals surface area contributed by atoms with Crippen LogP contribution in [-0.4, -0.2) is 20.9 Å². The second kappa shape index (κ2) is 3.36. The highest BCUT2D eigenvalue weighted by atomic mass is 16.4. The van der Waals surface area contributed by atoms with Crippen molar-refractivity contribution < 1.29 is 9.90 Å². The fourth-order valence-electron chi connectivity index (χ4n) is 2.11. The van der Waals surface area contributed by atoms with Crippen molar-refractivity contribution in [2.75, 3.05) is 0 Å². The van der Waals surface area contributed by atoms with E-state index < -0.39 is 5.97 Å². The highest BCUT2D eigenvalue weighted by Crippen LogP contribution is 2.51. The predicted octanol–water partition coefficient (Wildman–Crippen LogP) is 1.97. The lowest BCUT2D eigenvalue weighted by atomic mass is 9.98. The van der Waals surface area contributed by atoms with Gasteiger partial charge in [0.15, 0.2) is 0 Å². The Morgan fingerprint density at radius 2 is 2.33 bits per heavy atom. The number of carboxylic acid groups (broad SMARTS) is 1. The van der Waals surface area contributed by atoms with Gasteiger partial charge in [-0.3, -0.25) is 9.48 Å². The number of aliphatic carboxylic acids is 1. The zero-order chi connectivity index (χ0) is 11.1. The molecule has 4 nitrogen and oxygen atoms in total. The standard InChI is InChI=1S/C11H16N2O2/c1-8(2)13-9(3-6-12-13)11(4-5-11)7-10(14)15/h3,6,8H,4-5,7H2,1-2H3,(H,14,15). The molecule has 0 unspecified atom stereocenters. The van der Waals surface area contributed by atoms with Crippen molar-refractivity contribution in [1.82, 2.24) is 9.78 Å². The maximum atomic E-state index is 10.8. The molecule has 1 aliphatic carbocycles. The minimum absolute atomic E-state index is 0.132. The summed E-state index contributed by atoms with van der Waals surface area (Å²) in [5.74, 6) is -0.719. The van der Waals surface area contributed by atoms with Crippen LogP contribution in [0.3, 0.4) is 0 Å². The molecule has 15 heavy (non-hydrogen) atoms. The van der Waals surface area contributed by atoms with E-state index in [4.69, 9.17) is 5.11 Å². The number of hydrogen-bond acceptors (Lipinski definition) is 2. The summed E-state index contributed by atoms with van der Waals surface area (Å²) in [5.41, 5.74) is 0.951. The number of aromatic nitrogens is 2. The molecule has 4 heteroatoms. The van der Waals surface area contributed by atoms with E-state index in [2.05, 4.69) is 18.9 Å². The molecule has 0 aliphatic heterocycles. The largest absolute Gasteiger partial charge is 0.481 e. The normalized spacial score (nSPS) is 18.1. The van der Waals surface area contributed by atoms with E-state index in [9.17, 15) is 4.79 Å². The van der Waals surface area contributed by atoms with Gasteiger partial charge in [-0.25, -0.2) is 0 Å². The van der Waals surface area contributed by atoms with Gasteiger partial charge in [0.1, 0.15) is 0 Å². The Labute approximate surface area is 88.9 Å². The first-order valence-electron chi connectivity index (χ1n) is 5.31. The molecular formula is C11H16N2O2. The molecule has 1 aliphatic rings. The van der Waals surface area contributed by atoms with Gasteiger partial charge in [0.05, 0.1) is 6.42 Å². The van der Waals surface area contributed by atoms with Crippen LogP contribution in [0.25, 0.3) is 0 Å². The molecule has 1 aromatic heterocycles. The maximum absolute atomic E-state index is 10.8. The molecule has 0 atom stereocenters. The molecule has 0 spiro atoms. The number of rotatable bonds is 4. The molecule has 1 heterocycles. The summed E-state index contributed by atoms with van der Waals surface area (Å²) in [4.78, 5) is 10.8. The van der Waals surface area contributed by atoms with E-state index in [1.807, 2.05) is 10.7 Å². The van der Waals surface area contributed by atoms with Crippen LogP contribution in [0.2, 0.25) is 0 Å². The van der Waals surface area contributed by atoms with Crippen molar-refractivity contribution in [2.24, 2.45) is 0 Å². The van der Waals surface area contributed by atoms with Crippen molar-refractivity contribution >= 4 is 5.97 Å².